The van der Waals surface area contributed by atoms with Crippen LogP contribution in [0.1, 0.15) is 6.92 Å². The highest BCUT2D eigenvalue weighted by molar-refractivity contribution is 7.17. The van der Waals surface area contributed by atoms with Gasteiger partial charge in [-0.2, -0.15) is 0 Å². The Bertz CT molecular complexity index is 494. The fraction of sp³-hybridized carbons (Fsp3) is 0.0833. The molecule has 2 aromatic rings. The minimum atomic E-state index is 0.972. The van der Waals surface area contributed by atoms with Crippen molar-refractivity contribution in [2.45, 2.75) is 6.92 Å². The van der Waals surface area contributed by atoms with Crippen molar-refractivity contribution in [1.29, 1.82) is 0 Å². The number of hydrogen-bond donors (Lipinski definition) is 0. The average Bonchev–Trinajstić information content (AvgIpc) is 2.58. The topological polar surface area (TPSA) is 12.4 Å². The summed E-state index contributed by atoms with van der Waals surface area (Å²) in [6, 6.07) is 8.29. The van der Waals surface area contributed by atoms with E-state index < -0.39 is 0 Å². The fourth-order valence-electron chi connectivity index (χ4n) is 1.24. The van der Waals surface area contributed by atoms with Crippen molar-refractivity contribution in [3.05, 3.63) is 41.8 Å². The van der Waals surface area contributed by atoms with Gasteiger partial charge in [-0.05, 0) is 18.6 Å². The van der Waals surface area contributed by atoms with Gasteiger partial charge in [0.05, 0.1) is 5.69 Å². The zero-order chi connectivity index (χ0) is 9.97. The third-order valence-corrected chi connectivity index (χ3v) is 2.84. The number of aliphatic imine (C=N–C) groups is 1. The second-order valence-corrected chi connectivity index (χ2v) is 4.13. The largest absolute Gasteiger partial charge is 0.255 e. The molecular weight excluding hydrogens is 190 g/mol. The standard InChI is InChI=1S/C12H11NS/c1-9(2)7-13-11-8-14-12-6-4-3-5-10(11)12/h3-8H,1H2,2H3. The molecular formula is C12H11NS. The van der Waals surface area contributed by atoms with Gasteiger partial charge in [-0.1, -0.05) is 24.8 Å². The molecule has 0 bridgehead atoms. The lowest BCUT2D eigenvalue weighted by molar-refractivity contribution is 1.58. The van der Waals surface area contributed by atoms with Gasteiger partial charge in [0, 0.05) is 21.7 Å². The predicted molar refractivity (Wildman–Crippen MR) is 64.8 cm³/mol. The molecule has 0 unspecified atom stereocenters. The van der Waals surface area contributed by atoms with Crippen LogP contribution in [0.2, 0.25) is 0 Å². The highest BCUT2D eigenvalue weighted by Crippen LogP contribution is 2.31. The molecule has 0 saturated heterocycles. The fourth-order valence-corrected chi connectivity index (χ4v) is 2.13. The summed E-state index contributed by atoms with van der Waals surface area (Å²) in [5.74, 6) is 0. The van der Waals surface area contributed by atoms with Gasteiger partial charge in [0.15, 0.2) is 0 Å². The number of allylic oxidation sites excluding steroid dienone is 1. The van der Waals surface area contributed by atoms with E-state index in [2.05, 4.69) is 29.1 Å². The first-order valence-electron chi connectivity index (χ1n) is 4.43. The molecule has 14 heavy (non-hydrogen) atoms. The van der Waals surface area contributed by atoms with Crippen LogP contribution in [0.25, 0.3) is 10.1 Å². The first kappa shape index (κ1) is 9.16. The minimum absolute atomic E-state index is 0.972. The van der Waals surface area contributed by atoms with Crippen molar-refractivity contribution in [3.8, 4) is 0 Å². The van der Waals surface area contributed by atoms with Gasteiger partial charge in [-0.15, -0.1) is 11.3 Å². The van der Waals surface area contributed by atoms with E-state index in [0.29, 0.717) is 0 Å². The SMILES string of the molecule is C=C(C)C=Nc1csc2ccccc12. The number of benzene rings is 1. The van der Waals surface area contributed by atoms with Gasteiger partial charge < -0.3 is 0 Å². The number of rotatable bonds is 2. The Morgan fingerprint density at radius 3 is 3.00 bits per heavy atom. The lowest BCUT2D eigenvalue weighted by atomic mass is 10.2. The first-order chi connectivity index (χ1) is 6.77. The van der Waals surface area contributed by atoms with Crippen molar-refractivity contribution in [1.82, 2.24) is 0 Å². The molecule has 0 amide bonds. The van der Waals surface area contributed by atoms with Crippen LogP contribution in [0.4, 0.5) is 5.69 Å². The van der Waals surface area contributed by atoms with Crippen molar-refractivity contribution in [2.24, 2.45) is 4.99 Å². The molecule has 2 rings (SSSR count). The predicted octanol–water partition coefficient (Wildman–Crippen LogP) is 4.18. The van der Waals surface area contributed by atoms with Crippen molar-refractivity contribution in [2.75, 3.05) is 0 Å². The quantitative estimate of drug-likeness (QED) is 0.646. The van der Waals surface area contributed by atoms with Crippen LogP contribution in [-0.2, 0) is 0 Å². The number of thiophene rings is 1. The maximum atomic E-state index is 4.38. The summed E-state index contributed by atoms with van der Waals surface area (Å²) >= 11 is 1.72. The van der Waals surface area contributed by atoms with E-state index in [1.54, 1.807) is 17.6 Å². The molecule has 0 N–H and O–H groups in total. The Morgan fingerprint density at radius 2 is 2.21 bits per heavy atom. The van der Waals surface area contributed by atoms with Crippen LogP contribution in [0, 0.1) is 0 Å². The number of hydrogen-bond acceptors (Lipinski definition) is 2. The molecule has 0 fully saturated rings. The van der Waals surface area contributed by atoms with E-state index >= 15 is 0 Å². The molecule has 1 aromatic carbocycles. The highest BCUT2D eigenvalue weighted by atomic mass is 32.1. The maximum absolute atomic E-state index is 4.38. The van der Waals surface area contributed by atoms with Gasteiger partial charge in [-0.25, -0.2) is 0 Å². The number of fused-ring (bicyclic) bond motifs is 1. The highest BCUT2D eigenvalue weighted by Gasteiger charge is 1.99. The van der Waals surface area contributed by atoms with Crippen molar-refractivity contribution < 1.29 is 0 Å². The van der Waals surface area contributed by atoms with E-state index in [1.165, 1.54) is 10.1 Å². The van der Waals surface area contributed by atoms with Gasteiger partial charge in [-0.3, -0.25) is 4.99 Å². The second kappa shape index (κ2) is 3.76. The third-order valence-electron chi connectivity index (χ3n) is 1.88. The van der Waals surface area contributed by atoms with E-state index in [0.717, 1.165) is 11.3 Å². The maximum Gasteiger partial charge on any atom is 0.0815 e. The Kier molecular flexibility index (Phi) is 2.46. The van der Waals surface area contributed by atoms with Crippen LogP contribution in [-0.4, -0.2) is 6.21 Å². The van der Waals surface area contributed by atoms with Gasteiger partial charge >= 0.3 is 0 Å². The Balaban J connectivity index is 2.48. The summed E-state index contributed by atoms with van der Waals surface area (Å²) in [6.45, 7) is 5.73. The molecule has 0 atom stereocenters. The van der Waals surface area contributed by atoms with E-state index in [4.69, 9.17) is 0 Å². The molecule has 0 spiro atoms. The Labute approximate surface area is 87.4 Å². The van der Waals surface area contributed by atoms with E-state index in [1.807, 2.05) is 19.1 Å². The Hall–Kier alpha value is -1.41. The first-order valence-corrected chi connectivity index (χ1v) is 5.31. The van der Waals surface area contributed by atoms with Crippen molar-refractivity contribution >= 4 is 33.3 Å². The molecule has 0 radical (unpaired) electrons. The normalized spacial score (nSPS) is 11.2. The lowest BCUT2D eigenvalue weighted by Gasteiger charge is -1.90. The molecule has 1 nitrogen and oxygen atoms in total. The summed E-state index contributed by atoms with van der Waals surface area (Å²) in [6.07, 6.45) is 1.80. The monoisotopic (exact) mass is 201 g/mol. The zero-order valence-electron chi connectivity index (χ0n) is 8.03. The molecule has 0 aliphatic rings. The van der Waals surface area contributed by atoms with Crippen LogP contribution in [0.5, 0.6) is 0 Å². The molecule has 0 saturated carbocycles. The van der Waals surface area contributed by atoms with Crippen LogP contribution < -0.4 is 0 Å². The average molecular weight is 201 g/mol. The zero-order valence-corrected chi connectivity index (χ0v) is 8.84. The molecule has 0 aliphatic heterocycles. The van der Waals surface area contributed by atoms with E-state index in [9.17, 15) is 0 Å². The van der Waals surface area contributed by atoms with E-state index in [-0.39, 0.29) is 0 Å². The molecule has 1 aromatic heterocycles. The molecule has 1 heterocycles. The summed E-state index contributed by atoms with van der Waals surface area (Å²) < 4.78 is 1.28. The number of nitrogens with zero attached hydrogens (tertiary/aromatic N) is 1. The smallest absolute Gasteiger partial charge is 0.0815 e. The Morgan fingerprint density at radius 1 is 1.43 bits per heavy atom. The van der Waals surface area contributed by atoms with Crippen LogP contribution in [0.3, 0.4) is 0 Å². The molecule has 70 valence electrons. The summed E-state index contributed by atoms with van der Waals surface area (Å²) in [7, 11) is 0. The van der Waals surface area contributed by atoms with Gasteiger partial charge in [0.25, 0.3) is 0 Å². The van der Waals surface area contributed by atoms with Crippen molar-refractivity contribution in [3.63, 3.8) is 0 Å². The second-order valence-electron chi connectivity index (χ2n) is 3.22. The third kappa shape index (κ3) is 1.75. The summed E-state index contributed by atoms with van der Waals surface area (Å²) in [5.41, 5.74) is 2.01. The van der Waals surface area contributed by atoms with Gasteiger partial charge in [0.1, 0.15) is 0 Å². The molecule has 2 heteroatoms. The summed E-state index contributed by atoms with van der Waals surface area (Å²) in [5, 5.41) is 3.29. The minimum Gasteiger partial charge on any atom is -0.255 e. The molecule has 0 aliphatic carbocycles. The lowest BCUT2D eigenvalue weighted by Crippen LogP contribution is -1.71. The van der Waals surface area contributed by atoms with Crippen LogP contribution in [0.15, 0.2) is 46.8 Å². The van der Waals surface area contributed by atoms with Crippen LogP contribution >= 0.6 is 11.3 Å². The van der Waals surface area contributed by atoms with Gasteiger partial charge in [0.2, 0.25) is 0 Å². The summed E-state index contributed by atoms with van der Waals surface area (Å²) in [4.78, 5) is 4.38.